The Kier molecular flexibility index (Phi) is 4.01. The molecule has 1 N–H and O–H groups in total. The highest BCUT2D eigenvalue weighted by molar-refractivity contribution is 6.10. The van der Waals surface area contributed by atoms with Gasteiger partial charge < -0.3 is 5.32 Å². The lowest BCUT2D eigenvalue weighted by Gasteiger charge is -2.02. The summed E-state index contributed by atoms with van der Waals surface area (Å²) in [5, 5.41) is 2.93. The van der Waals surface area contributed by atoms with Crippen LogP contribution in [0.4, 0.5) is 0 Å². The van der Waals surface area contributed by atoms with Gasteiger partial charge >= 0.3 is 0 Å². The summed E-state index contributed by atoms with van der Waals surface area (Å²) in [6, 6.07) is 28.4. The first-order valence-electron chi connectivity index (χ1n) is 8.25. The lowest BCUT2D eigenvalue weighted by Crippen LogP contribution is -2.15. The molecular formula is C23H17NO. The van der Waals surface area contributed by atoms with E-state index in [1.807, 2.05) is 72.8 Å². The first-order chi connectivity index (χ1) is 12.3. The molecule has 2 heteroatoms. The lowest BCUT2D eigenvalue weighted by molar-refractivity contribution is -0.115. The average Bonchev–Trinajstić information content (AvgIpc) is 3.04. The monoisotopic (exact) mass is 323 g/mol. The molecule has 1 amide bonds. The molecule has 1 heterocycles. The highest BCUT2D eigenvalue weighted by atomic mass is 16.1. The molecule has 2 nitrogen and oxygen atoms in total. The molecule has 0 aliphatic carbocycles. The summed E-state index contributed by atoms with van der Waals surface area (Å²) in [7, 11) is 0. The number of amides is 1. The molecule has 0 fully saturated rings. The fourth-order valence-electron chi connectivity index (χ4n) is 2.91. The van der Waals surface area contributed by atoms with Gasteiger partial charge in [-0.25, -0.2) is 0 Å². The van der Waals surface area contributed by atoms with E-state index in [4.69, 9.17) is 0 Å². The third-order valence-electron chi connectivity index (χ3n) is 4.23. The van der Waals surface area contributed by atoms with Gasteiger partial charge in [-0.15, -0.1) is 0 Å². The molecule has 0 unspecified atom stereocenters. The number of benzene rings is 3. The highest BCUT2D eigenvalue weighted by Crippen LogP contribution is 2.24. The maximum Gasteiger partial charge on any atom is 0.255 e. The van der Waals surface area contributed by atoms with Gasteiger partial charge in [0.25, 0.3) is 5.91 Å². The average molecular weight is 323 g/mol. The second-order valence-electron chi connectivity index (χ2n) is 5.97. The zero-order valence-corrected chi connectivity index (χ0v) is 13.6. The number of nitrogens with one attached hydrogen (secondary N) is 1. The van der Waals surface area contributed by atoms with Crippen LogP contribution in [-0.4, -0.2) is 5.91 Å². The van der Waals surface area contributed by atoms with Crippen LogP contribution in [0.1, 0.15) is 11.1 Å². The van der Waals surface area contributed by atoms with Gasteiger partial charge in [0.15, 0.2) is 0 Å². The first-order valence-corrected chi connectivity index (χ1v) is 8.25. The van der Waals surface area contributed by atoms with Crippen LogP contribution in [0, 0.1) is 0 Å². The minimum absolute atomic E-state index is 0.0639. The molecule has 4 rings (SSSR count). The predicted octanol–water partition coefficient (Wildman–Crippen LogP) is 4.91. The van der Waals surface area contributed by atoms with Gasteiger partial charge in [0.1, 0.15) is 0 Å². The number of hydrogen-bond acceptors (Lipinski definition) is 1. The van der Waals surface area contributed by atoms with E-state index in [-0.39, 0.29) is 5.91 Å². The number of carbonyl (C=O) groups is 1. The predicted molar refractivity (Wildman–Crippen MR) is 102 cm³/mol. The van der Waals surface area contributed by atoms with Gasteiger partial charge in [-0.3, -0.25) is 4.79 Å². The smallest absolute Gasteiger partial charge is 0.255 e. The summed E-state index contributed by atoms with van der Waals surface area (Å²) < 4.78 is 0. The summed E-state index contributed by atoms with van der Waals surface area (Å²) >= 11 is 0. The Morgan fingerprint density at radius 1 is 0.640 bits per heavy atom. The molecule has 1 aliphatic rings. The van der Waals surface area contributed by atoms with Gasteiger partial charge in [-0.05, 0) is 34.4 Å². The molecule has 0 aromatic heterocycles. The molecule has 0 radical (unpaired) electrons. The molecule has 0 atom stereocenters. The van der Waals surface area contributed by atoms with Crippen LogP contribution >= 0.6 is 0 Å². The zero-order chi connectivity index (χ0) is 17.1. The van der Waals surface area contributed by atoms with Crippen molar-refractivity contribution < 1.29 is 4.79 Å². The topological polar surface area (TPSA) is 29.1 Å². The molecule has 0 spiro atoms. The second kappa shape index (κ2) is 6.62. The Hall–Kier alpha value is -3.39. The fraction of sp³-hybridized carbons (Fsp3) is 0. The van der Waals surface area contributed by atoms with E-state index in [0.29, 0.717) is 5.57 Å². The van der Waals surface area contributed by atoms with Gasteiger partial charge in [0.2, 0.25) is 0 Å². The second-order valence-corrected chi connectivity index (χ2v) is 5.97. The molecule has 0 saturated carbocycles. The van der Waals surface area contributed by atoms with Crippen LogP contribution < -0.4 is 5.32 Å². The Morgan fingerprint density at radius 2 is 1.20 bits per heavy atom. The van der Waals surface area contributed by atoms with E-state index in [2.05, 4.69) is 29.6 Å². The van der Waals surface area contributed by atoms with Crippen LogP contribution in [0.2, 0.25) is 0 Å². The van der Waals surface area contributed by atoms with Crippen LogP contribution in [0.15, 0.2) is 96.6 Å². The van der Waals surface area contributed by atoms with Crippen molar-refractivity contribution in [2.75, 3.05) is 0 Å². The number of carbonyl (C=O) groups excluding carboxylic acids is 1. The van der Waals surface area contributed by atoms with Crippen LogP contribution in [-0.2, 0) is 4.79 Å². The standard InChI is InChI=1S/C23H17NO/c25-23-21(16-22(24-23)20-9-5-2-6-10-20)15-17-11-13-19(14-12-17)18-7-3-1-4-8-18/h1-16H,(H,24,25). The van der Waals surface area contributed by atoms with E-state index in [9.17, 15) is 4.79 Å². The van der Waals surface area contributed by atoms with E-state index < -0.39 is 0 Å². The number of rotatable bonds is 3. The molecule has 3 aromatic carbocycles. The molecule has 120 valence electrons. The van der Waals surface area contributed by atoms with Crippen molar-refractivity contribution >= 4 is 17.7 Å². The summed E-state index contributed by atoms with van der Waals surface area (Å²) in [4.78, 5) is 12.2. The third-order valence-corrected chi connectivity index (χ3v) is 4.23. The minimum Gasteiger partial charge on any atom is -0.321 e. The molecule has 3 aromatic rings. The highest BCUT2D eigenvalue weighted by Gasteiger charge is 2.18. The van der Waals surface area contributed by atoms with E-state index in [1.165, 1.54) is 11.1 Å². The van der Waals surface area contributed by atoms with Crippen LogP contribution in [0.3, 0.4) is 0 Å². The van der Waals surface area contributed by atoms with E-state index in [1.54, 1.807) is 0 Å². The van der Waals surface area contributed by atoms with Gasteiger partial charge in [-0.2, -0.15) is 0 Å². The van der Waals surface area contributed by atoms with Gasteiger partial charge in [0.05, 0.1) is 0 Å². The quantitative estimate of drug-likeness (QED) is 0.682. The molecule has 0 saturated heterocycles. The minimum atomic E-state index is -0.0639. The van der Waals surface area contributed by atoms with Crippen molar-refractivity contribution in [3.8, 4) is 11.1 Å². The molecule has 25 heavy (non-hydrogen) atoms. The Morgan fingerprint density at radius 3 is 1.84 bits per heavy atom. The van der Waals surface area contributed by atoms with Crippen molar-refractivity contribution in [1.82, 2.24) is 5.32 Å². The van der Waals surface area contributed by atoms with Crippen molar-refractivity contribution in [3.63, 3.8) is 0 Å². The maximum absolute atomic E-state index is 12.2. The van der Waals surface area contributed by atoms with Crippen molar-refractivity contribution in [2.45, 2.75) is 0 Å². The lowest BCUT2D eigenvalue weighted by atomic mass is 10.0. The maximum atomic E-state index is 12.2. The molecule has 1 aliphatic heterocycles. The SMILES string of the molecule is O=C1NC(c2ccccc2)=CC1=Cc1ccc(-c2ccccc2)cc1. The Balaban J connectivity index is 1.60. The normalized spacial score (nSPS) is 15.1. The van der Waals surface area contributed by atoms with Crippen molar-refractivity contribution in [2.24, 2.45) is 0 Å². The van der Waals surface area contributed by atoms with Crippen LogP contribution in [0.25, 0.3) is 22.9 Å². The van der Waals surface area contributed by atoms with Crippen molar-refractivity contribution in [1.29, 1.82) is 0 Å². The fourth-order valence-corrected chi connectivity index (χ4v) is 2.91. The summed E-state index contributed by atoms with van der Waals surface area (Å²) in [6.45, 7) is 0. The zero-order valence-electron chi connectivity index (χ0n) is 13.6. The van der Waals surface area contributed by atoms with E-state index >= 15 is 0 Å². The first kappa shape index (κ1) is 15.2. The summed E-state index contributed by atoms with van der Waals surface area (Å²) in [5.74, 6) is -0.0639. The molecule has 0 bridgehead atoms. The number of hydrogen-bond donors (Lipinski definition) is 1. The summed E-state index contributed by atoms with van der Waals surface area (Å²) in [5.41, 5.74) is 5.89. The van der Waals surface area contributed by atoms with Gasteiger partial charge in [0, 0.05) is 11.3 Å². The molecular weight excluding hydrogens is 306 g/mol. The summed E-state index contributed by atoms with van der Waals surface area (Å²) in [6.07, 6.45) is 3.82. The largest absolute Gasteiger partial charge is 0.321 e. The van der Waals surface area contributed by atoms with E-state index in [0.717, 1.165) is 16.8 Å². The van der Waals surface area contributed by atoms with Gasteiger partial charge in [-0.1, -0.05) is 84.9 Å². The Bertz CT molecular complexity index is 952. The van der Waals surface area contributed by atoms with Crippen LogP contribution in [0.5, 0.6) is 0 Å². The third kappa shape index (κ3) is 3.29. The Labute approximate surface area is 147 Å². The van der Waals surface area contributed by atoms with Crippen molar-refractivity contribution in [3.05, 3.63) is 108 Å².